The number of aromatic nitrogens is 2. The minimum Gasteiger partial charge on any atom is -0.492 e. The van der Waals surface area contributed by atoms with Gasteiger partial charge in [0.15, 0.2) is 0 Å². The van der Waals surface area contributed by atoms with Crippen molar-refractivity contribution in [2.45, 2.75) is 37.8 Å². The van der Waals surface area contributed by atoms with Gasteiger partial charge in [0.1, 0.15) is 5.75 Å². The fourth-order valence-corrected chi connectivity index (χ4v) is 4.34. The third-order valence-electron chi connectivity index (χ3n) is 5.80. The Kier molecular flexibility index (Phi) is 5.46. The molecule has 0 aliphatic carbocycles. The largest absolute Gasteiger partial charge is 0.492 e. The van der Waals surface area contributed by atoms with Crippen LogP contribution in [-0.2, 0) is 11.3 Å². The monoisotopic (exact) mass is 353 g/mol. The molecular formula is C21H27N3O2. The SMILES string of the molecule is c1cncc(CN2CCC3(CC2)OCC[C@H]3CCOc2cccnc2)c1. The summed E-state index contributed by atoms with van der Waals surface area (Å²) in [5.41, 5.74) is 1.35. The minimum absolute atomic E-state index is 0.0593. The molecule has 5 heteroatoms. The van der Waals surface area contributed by atoms with Gasteiger partial charge < -0.3 is 9.47 Å². The Balaban J connectivity index is 1.28. The zero-order valence-corrected chi connectivity index (χ0v) is 15.2. The standard InChI is InChI=1S/C21H27N3O2/c1-3-18(15-22-9-1)17-24-11-7-21(8-12-24)19(6-14-26-21)5-13-25-20-4-2-10-23-16-20/h1-4,9-10,15-16,19H,5-8,11-14,17H2/t19-/m1/s1. The second-order valence-corrected chi connectivity index (χ2v) is 7.36. The van der Waals surface area contributed by atoms with Crippen molar-refractivity contribution in [3.8, 4) is 5.75 Å². The molecule has 2 saturated heterocycles. The maximum atomic E-state index is 6.29. The van der Waals surface area contributed by atoms with E-state index in [1.165, 1.54) is 5.56 Å². The molecule has 0 unspecified atom stereocenters. The van der Waals surface area contributed by atoms with Crippen LogP contribution < -0.4 is 4.74 Å². The van der Waals surface area contributed by atoms with Crippen LogP contribution in [0.3, 0.4) is 0 Å². The van der Waals surface area contributed by atoms with Crippen molar-refractivity contribution in [1.29, 1.82) is 0 Å². The van der Waals surface area contributed by atoms with Gasteiger partial charge in [-0.2, -0.15) is 0 Å². The van der Waals surface area contributed by atoms with E-state index in [9.17, 15) is 0 Å². The molecule has 0 N–H and O–H groups in total. The molecule has 4 heterocycles. The summed E-state index contributed by atoms with van der Waals surface area (Å²) in [6.45, 7) is 4.80. The van der Waals surface area contributed by atoms with Crippen LogP contribution in [0, 0.1) is 5.92 Å². The fourth-order valence-electron chi connectivity index (χ4n) is 4.34. The highest BCUT2D eigenvalue weighted by Gasteiger charge is 2.45. The molecule has 2 fully saturated rings. The zero-order chi connectivity index (χ0) is 17.7. The van der Waals surface area contributed by atoms with Gasteiger partial charge in [-0.25, -0.2) is 0 Å². The molecule has 1 spiro atoms. The van der Waals surface area contributed by atoms with Crippen molar-refractivity contribution in [2.75, 3.05) is 26.3 Å². The van der Waals surface area contributed by atoms with Crippen LogP contribution in [0.5, 0.6) is 5.75 Å². The molecule has 138 valence electrons. The molecule has 0 saturated carbocycles. The maximum Gasteiger partial charge on any atom is 0.137 e. The van der Waals surface area contributed by atoms with E-state index in [1.54, 1.807) is 12.4 Å². The lowest BCUT2D eigenvalue weighted by atomic mass is 9.78. The van der Waals surface area contributed by atoms with Crippen LogP contribution in [0.2, 0.25) is 0 Å². The number of piperidine rings is 1. The average Bonchev–Trinajstić information content (AvgIpc) is 3.08. The van der Waals surface area contributed by atoms with E-state index in [2.05, 4.69) is 20.9 Å². The van der Waals surface area contributed by atoms with Gasteiger partial charge in [-0.05, 0) is 55.4 Å². The molecule has 2 aliphatic heterocycles. The first kappa shape index (κ1) is 17.4. The molecular weight excluding hydrogens is 326 g/mol. The van der Waals surface area contributed by atoms with Crippen molar-refractivity contribution < 1.29 is 9.47 Å². The Morgan fingerprint density at radius 1 is 1.12 bits per heavy atom. The Morgan fingerprint density at radius 2 is 1.92 bits per heavy atom. The van der Waals surface area contributed by atoms with E-state index in [4.69, 9.17) is 9.47 Å². The Morgan fingerprint density at radius 3 is 2.65 bits per heavy atom. The summed E-state index contributed by atoms with van der Waals surface area (Å²) in [7, 11) is 0. The summed E-state index contributed by atoms with van der Waals surface area (Å²) in [6, 6.07) is 8.04. The highest BCUT2D eigenvalue weighted by atomic mass is 16.5. The number of nitrogens with zero attached hydrogens (tertiary/aromatic N) is 3. The van der Waals surface area contributed by atoms with Gasteiger partial charge in [0.05, 0.1) is 18.4 Å². The maximum absolute atomic E-state index is 6.29. The van der Waals surface area contributed by atoms with Gasteiger partial charge in [0.25, 0.3) is 0 Å². The number of hydrogen-bond acceptors (Lipinski definition) is 5. The van der Waals surface area contributed by atoms with Gasteiger partial charge in [0.2, 0.25) is 0 Å². The summed E-state index contributed by atoms with van der Waals surface area (Å²) < 4.78 is 12.2. The second kappa shape index (κ2) is 8.14. The van der Waals surface area contributed by atoms with Crippen molar-refractivity contribution in [3.05, 3.63) is 54.6 Å². The predicted molar refractivity (Wildman–Crippen MR) is 99.9 cm³/mol. The van der Waals surface area contributed by atoms with E-state index in [-0.39, 0.29) is 5.60 Å². The van der Waals surface area contributed by atoms with Crippen molar-refractivity contribution in [1.82, 2.24) is 14.9 Å². The molecule has 0 bridgehead atoms. The third kappa shape index (κ3) is 4.05. The van der Waals surface area contributed by atoms with Gasteiger partial charge in [-0.3, -0.25) is 14.9 Å². The first-order chi connectivity index (χ1) is 12.8. The lowest BCUT2D eigenvalue weighted by molar-refractivity contribution is -0.0708. The van der Waals surface area contributed by atoms with Crippen molar-refractivity contribution >= 4 is 0 Å². The number of rotatable bonds is 6. The number of pyridine rings is 2. The molecule has 26 heavy (non-hydrogen) atoms. The highest BCUT2D eigenvalue weighted by Crippen LogP contribution is 2.42. The Bertz CT molecular complexity index is 672. The Labute approximate surface area is 155 Å². The number of hydrogen-bond donors (Lipinski definition) is 0. The molecule has 0 aromatic carbocycles. The lowest BCUT2D eigenvalue weighted by Crippen LogP contribution is -2.47. The molecule has 4 rings (SSSR count). The molecule has 0 radical (unpaired) electrons. The number of likely N-dealkylation sites (tertiary alicyclic amines) is 1. The van der Waals surface area contributed by atoms with Crippen LogP contribution in [-0.4, -0.2) is 46.8 Å². The van der Waals surface area contributed by atoms with Gasteiger partial charge in [-0.15, -0.1) is 0 Å². The van der Waals surface area contributed by atoms with Crippen LogP contribution in [0.25, 0.3) is 0 Å². The summed E-state index contributed by atoms with van der Waals surface area (Å²) in [6.07, 6.45) is 11.8. The van der Waals surface area contributed by atoms with Crippen LogP contribution in [0.4, 0.5) is 0 Å². The van der Waals surface area contributed by atoms with Crippen molar-refractivity contribution in [2.24, 2.45) is 5.92 Å². The average molecular weight is 353 g/mol. The van der Waals surface area contributed by atoms with Crippen LogP contribution >= 0.6 is 0 Å². The van der Waals surface area contributed by atoms with E-state index in [0.29, 0.717) is 5.92 Å². The molecule has 0 amide bonds. The third-order valence-corrected chi connectivity index (χ3v) is 5.80. The normalized spacial score (nSPS) is 22.5. The smallest absolute Gasteiger partial charge is 0.137 e. The fraction of sp³-hybridized carbons (Fsp3) is 0.524. The molecule has 5 nitrogen and oxygen atoms in total. The van der Waals surface area contributed by atoms with E-state index < -0.39 is 0 Å². The molecule has 2 aromatic rings. The summed E-state index contributed by atoms with van der Waals surface area (Å²) in [4.78, 5) is 10.8. The first-order valence-corrected chi connectivity index (χ1v) is 9.62. The van der Waals surface area contributed by atoms with Crippen molar-refractivity contribution in [3.63, 3.8) is 0 Å². The Hall–Kier alpha value is -1.98. The highest BCUT2D eigenvalue weighted by molar-refractivity contribution is 5.15. The van der Waals surface area contributed by atoms with Gasteiger partial charge >= 0.3 is 0 Å². The first-order valence-electron chi connectivity index (χ1n) is 9.62. The zero-order valence-electron chi connectivity index (χ0n) is 15.2. The van der Waals surface area contributed by atoms with Gasteiger partial charge in [0, 0.05) is 44.8 Å². The van der Waals surface area contributed by atoms with Crippen LogP contribution in [0.15, 0.2) is 49.1 Å². The van der Waals surface area contributed by atoms with E-state index in [1.807, 2.05) is 30.6 Å². The van der Waals surface area contributed by atoms with Crippen LogP contribution in [0.1, 0.15) is 31.2 Å². The van der Waals surface area contributed by atoms with Gasteiger partial charge in [-0.1, -0.05) is 6.07 Å². The topological polar surface area (TPSA) is 47.5 Å². The summed E-state index contributed by atoms with van der Waals surface area (Å²) >= 11 is 0. The lowest BCUT2D eigenvalue weighted by Gasteiger charge is -2.42. The summed E-state index contributed by atoms with van der Waals surface area (Å²) in [5, 5.41) is 0. The minimum atomic E-state index is 0.0593. The van der Waals surface area contributed by atoms with E-state index in [0.717, 1.165) is 64.3 Å². The second-order valence-electron chi connectivity index (χ2n) is 7.36. The number of ether oxygens (including phenoxy) is 2. The predicted octanol–water partition coefficient (Wildman–Crippen LogP) is 3.32. The molecule has 1 atom stereocenters. The van der Waals surface area contributed by atoms with E-state index >= 15 is 0 Å². The quantitative estimate of drug-likeness (QED) is 0.797. The molecule has 2 aromatic heterocycles. The molecule has 2 aliphatic rings. The summed E-state index contributed by atoms with van der Waals surface area (Å²) in [5.74, 6) is 1.45.